The summed E-state index contributed by atoms with van der Waals surface area (Å²) in [6.45, 7) is 2.57. The average Bonchev–Trinajstić information content (AvgIpc) is 2.41. The number of rotatable bonds is 0. The molecule has 1 heterocycles. The Bertz CT molecular complexity index is 396. The highest BCUT2D eigenvalue weighted by Gasteiger charge is 2.31. The zero-order chi connectivity index (χ0) is 11.8. The lowest BCUT2D eigenvalue weighted by atomic mass is 10.0. The topological polar surface area (TPSA) is 12.0 Å². The number of aryl methyl sites for hydroxylation is 2. The molecule has 1 aromatic carbocycles. The number of hydrogen-bond donors (Lipinski definition) is 1. The van der Waals surface area contributed by atoms with E-state index < -0.39 is 11.7 Å². The molecule has 0 fully saturated rings. The van der Waals surface area contributed by atoms with Gasteiger partial charge in [-0.3, -0.25) is 0 Å². The maximum Gasteiger partial charge on any atom is 0.416 e. The predicted octanol–water partition coefficient (Wildman–Crippen LogP) is 3.76. The Kier molecular flexibility index (Phi) is 2.82. The number of hydrogen-bond acceptors (Lipinski definition) is 1. The summed E-state index contributed by atoms with van der Waals surface area (Å²) in [6, 6.07) is 2.50. The molecule has 0 saturated carbocycles. The quantitative estimate of drug-likeness (QED) is 0.714. The van der Waals surface area contributed by atoms with Crippen LogP contribution in [0.3, 0.4) is 0 Å². The van der Waals surface area contributed by atoms with Gasteiger partial charge in [0.25, 0.3) is 0 Å². The first-order chi connectivity index (χ1) is 7.48. The van der Waals surface area contributed by atoms with Gasteiger partial charge in [-0.15, -0.1) is 0 Å². The number of nitrogens with one attached hydrogen (secondary N) is 1. The molecule has 1 nitrogen and oxygen atoms in total. The Hall–Kier alpha value is -1.19. The van der Waals surface area contributed by atoms with E-state index in [1.807, 2.05) is 0 Å². The number of fused-ring (bicyclic) bond motifs is 1. The van der Waals surface area contributed by atoms with Crippen molar-refractivity contribution < 1.29 is 13.2 Å². The van der Waals surface area contributed by atoms with E-state index in [1.165, 1.54) is 12.1 Å². The van der Waals surface area contributed by atoms with Crippen molar-refractivity contribution in [1.82, 2.24) is 0 Å². The molecule has 0 atom stereocenters. The monoisotopic (exact) mass is 229 g/mol. The Labute approximate surface area is 92.7 Å². The molecular weight excluding hydrogens is 215 g/mol. The van der Waals surface area contributed by atoms with Crippen LogP contribution < -0.4 is 5.32 Å². The second-order valence-electron chi connectivity index (χ2n) is 4.21. The van der Waals surface area contributed by atoms with Crippen molar-refractivity contribution in [3.63, 3.8) is 0 Å². The van der Waals surface area contributed by atoms with Gasteiger partial charge >= 0.3 is 6.18 Å². The molecule has 1 aliphatic rings. The standard InChI is InChI=1S/C12H14F3N/c1-8-6-10(12(13,14)15)7-9-4-2-3-5-16-11(8)9/h6-7,16H,2-5H2,1H3. The van der Waals surface area contributed by atoms with Crippen molar-refractivity contribution in [3.05, 3.63) is 28.8 Å². The molecule has 0 aromatic heterocycles. The van der Waals surface area contributed by atoms with Gasteiger partial charge in [0.15, 0.2) is 0 Å². The second-order valence-corrected chi connectivity index (χ2v) is 4.21. The van der Waals surface area contributed by atoms with Gasteiger partial charge in [-0.2, -0.15) is 13.2 Å². The molecule has 0 bridgehead atoms. The fraction of sp³-hybridized carbons (Fsp3) is 0.500. The molecule has 0 saturated heterocycles. The molecule has 1 aromatic rings. The molecule has 16 heavy (non-hydrogen) atoms. The minimum Gasteiger partial charge on any atom is -0.385 e. The van der Waals surface area contributed by atoms with Crippen molar-refractivity contribution in [2.45, 2.75) is 32.4 Å². The van der Waals surface area contributed by atoms with Crippen LogP contribution in [0.1, 0.15) is 29.5 Å². The summed E-state index contributed by atoms with van der Waals surface area (Å²) < 4.78 is 37.9. The van der Waals surface area contributed by atoms with E-state index in [-0.39, 0.29) is 0 Å². The first-order valence-corrected chi connectivity index (χ1v) is 5.43. The van der Waals surface area contributed by atoms with Crippen LogP contribution in [0.4, 0.5) is 18.9 Å². The van der Waals surface area contributed by atoms with Crippen LogP contribution in [0.5, 0.6) is 0 Å². The van der Waals surface area contributed by atoms with Crippen LogP contribution in [0, 0.1) is 6.92 Å². The van der Waals surface area contributed by atoms with Crippen molar-refractivity contribution in [2.24, 2.45) is 0 Å². The highest BCUT2D eigenvalue weighted by molar-refractivity contribution is 5.59. The Balaban J connectivity index is 2.48. The third-order valence-corrected chi connectivity index (χ3v) is 2.92. The third-order valence-electron chi connectivity index (χ3n) is 2.92. The van der Waals surface area contributed by atoms with Gasteiger partial charge < -0.3 is 5.32 Å². The van der Waals surface area contributed by atoms with E-state index in [0.29, 0.717) is 5.56 Å². The molecular formula is C12H14F3N. The van der Waals surface area contributed by atoms with Gasteiger partial charge in [0.05, 0.1) is 5.56 Å². The number of halogens is 3. The molecule has 88 valence electrons. The van der Waals surface area contributed by atoms with E-state index in [4.69, 9.17) is 0 Å². The zero-order valence-corrected chi connectivity index (χ0v) is 9.12. The van der Waals surface area contributed by atoms with Gasteiger partial charge in [-0.05, 0) is 49.4 Å². The van der Waals surface area contributed by atoms with Gasteiger partial charge in [0, 0.05) is 12.2 Å². The largest absolute Gasteiger partial charge is 0.416 e. The summed E-state index contributed by atoms with van der Waals surface area (Å²) in [5.41, 5.74) is 1.84. The SMILES string of the molecule is Cc1cc(C(F)(F)F)cc2c1NCCCC2. The average molecular weight is 229 g/mol. The van der Waals surface area contributed by atoms with Crippen LogP contribution in [0.25, 0.3) is 0 Å². The summed E-state index contributed by atoms with van der Waals surface area (Å²) in [7, 11) is 0. The zero-order valence-electron chi connectivity index (χ0n) is 9.12. The lowest BCUT2D eigenvalue weighted by molar-refractivity contribution is -0.137. The normalized spacial score (nSPS) is 16.2. The molecule has 1 aliphatic heterocycles. The molecule has 0 unspecified atom stereocenters. The van der Waals surface area contributed by atoms with Crippen molar-refractivity contribution in [2.75, 3.05) is 11.9 Å². The highest BCUT2D eigenvalue weighted by Crippen LogP contribution is 2.35. The molecule has 4 heteroatoms. The van der Waals surface area contributed by atoms with Gasteiger partial charge in [-0.25, -0.2) is 0 Å². The first kappa shape index (κ1) is 11.3. The summed E-state index contributed by atoms with van der Waals surface area (Å²) in [6.07, 6.45) is -1.56. The van der Waals surface area contributed by atoms with E-state index in [1.54, 1.807) is 6.92 Å². The number of benzene rings is 1. The van der Waals surface area contributed by atoms with E-state index >= 15 is 0 Å². The van der Waals surface area contributed by atoms with Crippen molar-refractivity contribution >= 4 is 5.69 Å². The smallest absolute Gasteiger partial charge is 0.385 e. The summed E-state index contributed by atoms with van der Waals surface area (Å²) >= 11 is 0. The first-order valence-electron chi connectivity index (χ1n) is 5.43. The maximum atomic E-state index is 12.6. The fourth-order valence-corrected chi connectivity index (χ4v) is 2.13. The summed E-state index contributed by atoms with van der Waals surface area (Å²) in [5.74, 6) is 0. The van der Waals surface area contributed by atoms with Crippen LogP contribution in [-0.2, 0) is 12.6 Å². The summed E-state index contributed by atoms with van der Waals surface area (Å²) in [4.78, 5) is 0. The van der Waals surface area contributed by atoms with Crippen LogP contribution in [0.2, 0.25) is 0 Å². The number of anilines is 1. The van der Waals surface area contributed by atoms with Crippen LogP contribution in [-0.4, -0.2) is 6.54 Å². The Morgan fingerprint density at radius 2 is 1.94 bits per heavy atom. The maximum absolute atomic E-state index is 12.6. The second kappa shape index (κ2) is 4.00. The Morgan fingerprint density at radius 1 is 1.19 bits per heavy atom. The van der Waals surface area contributed by atoms with Crippen molar-refractivity contribution in [1.29, 1.82) is 0 Å². The lowest BCUT2D eigenvalue weighted by Gasteiger charge is -2.15. The predicted molar refractivity (Wildman–Crippen MR) is 57.6 cm³/mol. The van der Waals surface area contributed by atoms with Crippen LogP contribution >= 0.6 is 0 Å². The van der Waals surface area contributed by atoms with E-state index in [0.717, 1.165) is 37.1 Å². The van der Waals surface area contributed by atoms with Crippen LogP contribution in [0.15, 0.2) is 12.1 Å². The summed E-state index contributed by atoms with van der Waals surface area (Å²) in [5, 5.41) is 3.20. The van der Waals surface area contributed by atoms with Crippen molar-refractivity contribution in [3.8, 4) is 0 Å². The number of alkyl halides is 3. The third kappa shape index (κ3) is 2.15. The van der Waals surface area contributed by atoms with Gasteiger partial charge in [0.1, 0.15) is 0 Å². The Morgan fingerprint density at radius 3 is 2.62 bits per heavy atom. The van der Waals surface area contributed by atoms with Gasteiger partial charge in [-0.1, -0.05) is 0 Å². The fourth-order valence-electron chi connectivity index (χ4n) is 2.13. The molecule has 1 N–H and O–H groups in total. The molecule has 0 aliphatic carbocycles. The highest BCUT2D eigenvalue weighted by atomic mass is 19.4. The minimum atomic E-state index is -4.24. The molecule has 0 spiro atoms. The molecule has 0 amide bonds. The van der Waals surface area contributed by atoms with Gasteiger partial charge in [0.2, 0.25) is 0 Å². The van der Waals surface area contributed by atoms with E-state index in [2.05, 4.69) is 5.32 Å². The van der Waals surface area contributed by atoms with E-state index in [9.17, 15) is 13.2 Å². The lowest BCUT2D eigenvalue weighted by Crippen LogP contribution is -2.08. The minimum absolute atomic E-state index is 0.535. The molecule has 0 radical (unpaired) electrons. The molecule has 2 rings (SSSR count).